The highest BCUT2D eigenvalue weighted by atomic mass is 16.7. The van der Waals surface area contributed by atoms with Gasteiger partial charge in [-0.05, 0) is 55.3 Å². The summed E-state index contributed by atoms with van der Waals surface area (Å²) >= 11 is 0. The number of benzene rings is 2. The largest absolute Gasteiger partial charge is 0.497 e. The lowest BCUT2D eigenvalue weighted by Gasteiger charge is -2.38. The zero-order chi connectivity index (χ0) is 18.8. The Kier molecular flexibility index (Phi) is 5.16. The predicted octanol–water partition coefficient (Wildman–Crippen LogP) is 4.09. The van der Waals surface area contributed by atoms with Crippen LogP contribution >= 0.6 is 0 Å². The van der Waals surface area contributed by atoms with E-state index in [0.29, 0.717) is 6.61 Å². The molecule has 0 radical (unpaired) electrons. The molecule has 4 atom stereocenters. The van der Waals surface area contributed by atoms with Crippen molar-refractivity contribution in [1.82, 2.24) is 0 Å². The first-order valence-corrected chi connectivity index (χ1v) is 9.11. The van der Waals surface area contributed by atoms with Crippen molar-refractivity contribution in [3.05, 3.63) is 71.3 Å². The summed E-state index contributed by atoms with van der Waals surface area (Å²) in [5.74, 6) is 1.60. The first-order chi connectivity index (χ1) is 13.1. The zero-order valence-corrected chi connectivity index (χ0v) is 15.8. The van der Waals surface area contributed by atoms with Gasteiger partial charge in [0.05, 0.1) is 13.7 Å². The van der Waals surface area contributed by atoms with E-state index in [9.17, 15) is 0 Å². The molecule has 5 heteroatoms. The van der Waals surface area contributed by atoms with Crippen molar-refractivity contribution in [2.24, 2.45) is 0 Å². The summed E-state index contributed by atoms with van der Waals surface area (Å²) in [6.07, 6.45) is 2.68. The summed E-state index contributed by atoms with van der Waals surface area (Å²) in [7, 11) is 1.65. The van der Waals surface area contributed by atoms with Gasteiger partial charge in [-0.25, -0.2) is 0 Å². The van der Waals surface area contributed by atoms with E-state index in [-0.39, 0.29) is 12.2 Å². The fourth-order valence-corrected chi connectivity index (χ4v) is 3.17. The highest BCUT2D eigenvalue weighted by molar-refractivity contribution is 5.34. The Balaban J connectivity index is 1.40. The van der Waals surface area contributed by atoms with Gasteiger partial charge in [-0.2, -0.15) is 0 Å². The Morgan fingerprint density at radius 2 is 1.67 bits per heavy atom. The number of ether oxygens (including phenoxy) is 5. The van der Waals surface area contributed by atoms with Gasteiger partial charge in [0.25, 0.3) is 0 Å². The summed E-state index contributed by atoms with van der Waals surface area (Å²) < 4.78 is 29.1. The molecule has 0 aromatic heterocycles. The maximum absolute atomic E-state index is 6.05. The molecular formula is C22H24O5. The lowest BCUT2D eigenvalue weighted by atomic mass is 10.1. The van der Waals surface area contributed by atoms with E-state index < -0.39 is 12.6 Å². The number of fused-ring (bicyclic) bond motifs is 1. The minimum absolute atomic E-state index is 0.162. The molecular weight excluding hydrogens is 344 g/mol. The summed E-state index contributed by atoms with van der Waals surface area (Å²) in [4.78, 5) is 0. The molecule has 0 N–H and O–H groups in total. The Morgan fingerprint density at radius 1 is 0.889 bits per heavy atom. The highest BCUT2D eigenvalue weighted by Gasteiger charge is 2.36. The van der Waals surface area contributed by atoms with Crippen LogP contribution in [-0.4, -0.2) is 32.2 Å². The van der Waals surface area contributed by atoms with Gasteiger partial charge in [-0.1, -0.05) is 24.3 Å². The third kappa shape index (κ3) is 4.00. The van der Waals surface area contributed by atoms with Crippen LogP contribution in [-0.2, 0) is 14.2 Å². The van der Waals surface area contributed by atoms with Crippen molar-refractivity contribution in [2.75, 3.05) is 13.7 Å². The number of methoxy groups -OCH3 is 1. The minimum Gasteiger partial charge on any atom is -0.497 e. The molecule has 2 aromatic carbocycles. The number of hydrogen-bond donors (Lipinski definition) is 0. The van der Waals surface area contributed by atoms with Gasteiger partial charge in [0, 0.05) is 5.56 Å². The Labute approximate surface area is 159 Å². The van der Waals surface area contributed by atoms with E-state index in [4.69, 9.17) is 23.7 Å². The van der Waals surface area contributed by atoms with Gasteiger partial charge in [0.2, 0.25) is 6.29 Å². The second-order valence-corrected chi connectivity index (χ2v) is 6.83. The molecule has 142 valence electrons. The van der Waals surface area contributed by atoms with Crippen LogP contribution in [0.25, 0.3) is 0 Å². The maximum Gasteiger partial charge on any atom is 0.220 e. The van der Waals surface area contributed by atoms with Crippen molar-refractivity contribution >= 4 is 0 Å². The van der Waals surface area contributed by atoms with E-state index >= 15 is 0 Å². The lowest BCUT2D eigenvalue weighted by molar-refractivity contribution is -0.275. The van der Waals surface area contributed by atoms with Crippen LogP contribution in [0.3, 0.4) is 0 Å². The molecule has 2 aromatic rings. The van der Waals surface area contributed by atoms with Crippen LogP contribution in [0.1, 0.15) is 23.0 Å². The molecule has 4 unspecified atom stereocenters. The molecule has 0 amide bonds. The van der Waals surface area contributed by atoms with Gasteiger partial charge >= 0.3 is 0 Å². The second-order valence-electron chi connectivity index (χ2n) is 6.83. The number of aryl methyl sites for hydroxylation is 2. The van der Waals surface area contributed by atoms with Crippen LogP contribution in [0.4, 0.5) is 0 Å². The van der Waals surface area contributed by atoms with Crippen molar-refractivity contribution < 1.29 is 23.7 Å². The third-order valence-electron chi connectivity index (χ3n) is 4.94. The molecule has 2 heterocycles. The van der Waals surface area contributed by atoms with E-state index in [1.54, 1.807) is 7.11 Å². The molecule has 1 saturated heterocycles. The first-order valence-electron chi connectivity index (χ1n) is 9.11. The molecule has 27 heavy (non-hydrogen) atoms. The Hall–Kier alpha value is -2.34. The molecule has 2 aliphatic heterocycles. The molecule has 0 saturated carbocycles. The number of rotatable bonds is 4. The van der Waals surface area contributed by atoms with E-state index in [1.807, 2.05) is 54.6 Å². The summed E-state index contributed by atoms with van der Waals surface area (Å²) in [5, 5.41) is 0. The highest BCUT2D eigenvalue weighted by Crippen LogP contribution is 2.32. The van der Waals surface area contributed by atoms with Crippen molar-refractivity contribution in [3.8, 4) is 11.5 Å². The van der Waals surface area contributed by atoms with Gasteiger partial charge in [-0.3, -0.25) is 0 Å². The SMILES string of the molecule is COc1ccc(C2OCC3OC(Oc4ccc(C)c(C)c4)C=CC3O2)cc1. The smallest absolute Gasteiger partial charge is 0.220 e. The van der Waals surface area contributed by atoms with Crippen LogP contribution in [0.5, 0.6) is 11.5 Å². The Morgan fingerprint density at radius 3 is 2.41 bits per heavy atom. The normalized spacial score (nSPS) is 27.1. The second kappa shape index (κ2) is 7.72. The van der Waals surface area contributed by atoms with Crippen LogP contribution in [0.2, 0.25) is 0 Å². The van der Waals surface area contributed by atoms with Crippen molar-refractivity contribution in [3.63, 3.8) is 0 Å². The maximum atomic E-state index is 6.05. The van der Waals surface area contributed by atoms with Crippen LogP contribution < -0.4 is 9.47 Å². The van der Waals surface area contributed by atoms with Crippen molar-refractivity contribution in [1.29, 1.82) is 0 Å². The van der Waals surface area contributed by atoms with Crippen LogP contribution in [0, 0.1) is 13.8 Å². The van der Waals surface area contributed by atoms with Gasteiger partial charge in [0.1, 0.15) is 23.7 Å². The monoisotopic (exact) mass is 368 g/mol. The molecule has 0 spiro atoms. The van der Waals surface area contributed by atoms with E-state index in [0.717, 1.165) is 17.1 Å². The molecule has 0 aliphatic carbocycles. The van der Waals surface area contributed by atoms with Gasteiger partial charge in [0.15, 0.2) is 6.29 Å². The fraction of sp³-hybridized carbons (Fsp3) is 0.364. The molecule has 4 rings (SSSR count). The van der Waals surface area contributed by atoms with Gasteiger partial charge < -0.3 is 23.7 Å². The molecule has 1 fully saturated rings. The lowest BCUT2D eigenvalue weighted by Crippen LogP contribution is -2.46. The Bertz CT molecular complexity index is 814. The summed E-state index contributed by atoms with van der Waals surface area (Å²) in [6, 6.07) is 13.7. The molecule has 2 aliphatic rings. The molecule has 0 bridgehead atoms. The zero-order valence-electron chi connectivity index (χ0n) is 15.8. The predicted molar refractivity (Wildman–Crippen MR) is 101 cm³/mol. The minimum atomic E-state index is -0.446. The standard InChI is InChI=1S/C22H24O5/c1-14-4-7-18(12-15(14)2)25-21-11-10-19-20(26-21)13-24-22(27-19)16-5-8-17(23-3)9-6-16/h4-12,19-22H,13H2,1-3H3. The van der Waals surface area contributed by atoms with Crippen LogP contribution in [0.15, 0.2) is 54.6 Å². The first kappa shape index (κ1) is 18.0. The fourth-order valence-electron chi connectivity index (χ4n) is 3.17. The summed E-state index contributed by atoms with van der Waals surface area (Å²) in [6.45, 7) is 4.59. The van der Waals surface area contributed by atoms with Crippen molar-refractivity contribution in [2.45, 2.75) is 38.6 Å². The average molecular weight is 368 g/mol. The number of hydrogen-bond acceptors (Lipinski definition) is 5. The van der Waals surface area contributed by atoms with E-state index in [2.05, 4.69) is 13.8 Å². The average Bonchev–Trinajstić information content (AvgIpc) is 2.70. The quantitative estimate of drug-likeness (QED) is 0.761. The summed E-state index contributed by atoms with van der Waals surface area (Å²) in [5.41, 5.74) is 3.38. The van der Waals surface area contributed by atoms with Gasteiger partial charge in [-0.15, -0.1) is 0 Å². The van der Waals surface area contributed by atoms with E-state index in [1.165, 1.54) is 11.1 Å². The third-order valence-corrected chi connectivity index (χ3v) is 4.94. The molecule has 5 nitrogen and oxygen atoms in total. The topological polar surface area (TPSA) is 46.2 Å².